The third kappa shape index (κ3) is 5.55. The lowest BCUT2D eigenvalue weighted by Gasteiger charge is -2.12. The molecule has 0 bridgehead atoms. The molecule has 11 heteroatoms. The Kier molecular flexibility index (Phi) is 7.77. The first-order valence-corrected chi connectivity index (χ1v) is 12.7. The average Bonchev–Trinajstić information content (AvgIpc) is 3.14. The summed E-state index contributed by atoms with van der Waals surface area (Å²) in [5, 5.41) is 3.38. The molecule has 0 saturated carbocycles. The third-order valence-corrected chi connectivity index (χ3v) is 7.56. The van der Waals surface area contributed by atoms with Crippen LogP contribution in [0.1, 0.15) is 24.2 Å². The van der Waals surface area contributed by atoms with Gasteiger partial charge in [-0.2, -0.15) is 0 Å². The second kappa shape index (κ2) is 10.4. The number of esters is 1. The number of nitrogens with one attached hydrogen (secondary N) is 1. The molecule has 3 rings (SSSR count). The standard InChI is InChI=1S/C22H26N4O5S2/c1-5-26-19-11-10-15(21(28)31-6-2)12-18(19)24-22(26)32-14-20(27)23-16-8-7-9-17(13-16)33(29,30)25(3)4/h7-13H,5-6,14H2,1-4H3,(H,23,27). The van der Waals surface area contributed by atoms with Crippen LogP contribution in [-0.4, -0.2) is 60.6 Å². The minimum absolute atomic E-state index is 0.0821. The van der Waals surface area contributed by atoms with E-state index in [0.717, 1.165) is 9.82 Å². The number of fused-ring (bicyclic) bond motifs is 1. The fourth-order valence-corrected chi connectivity index (χ4v) is 4.96. The van der Waals surface area contributed by atoms with Gasteiger partial charge in [0.25, 0.3) is 0 Å². The smallest absolute Gasteiger partial charge is 0.338 e. The van der Waals surface area contributed by atoms with Crippen LogP contribution in [0.3, 0.4) is 0 Å². The summed E-state index contributed by atoms with van der Waals surface area (Å²) in [4.78, 5) is 29.2. The molecule has 176 valence electrons. The number of aryl methyl sites for hydroxylation is 1. The molecule has 1 heterocycles. The van der Waals surface area contributed by atoms with E-state index in [2.05, 4.69) is 10.3 Å². The molecule has 1 N–H and O–H groups in total. The van der Waals surface area contributed by atoms with E-state index in [0.29, 0.717) is 35.1 Å². The topological polar surface area (TPSA) is 111 Å². The Bertz CT molecular complexity index is 1290. The molecule has 0 aliphatic heterocycles. The zero-order valence-electron chi connectivity index (χ0n) is 18.9. The largest absolute Gasteiger partial charge is 0.462 e. The molecule has 0 radical (unpaired) electrons. The van der Waals surface area contributed by atoms with E-state index < -0.39 is 16.0 Å². The van der Waals surface area contributed by atoms with E-state index in [1.165, 1.54) is 38.0 Å². The van der Waals surface area contributed by atoms with Gasteiger partial charge in [0.15, 0.2) is 5.16 Å². The molecular formula is C22H26N4O5S2. The number of carbonyl (C=O) groups excluding carboxylic acids is 2. The molecule has 33 heavy (non-hydrogen) atoms. The second-order valence-corrected chi connectivity index (χ2v) is 10.3. The van der Waals surface area contributed by atoms with Crippen LogP contribution in [0.15, 0.2) is 52.5 Å². The number of thioether (sulfide) groups is 1. The summed E-state index contributed by atoms with van der Waals surface area (Å²) >= 11 is 1.26. The van der Waals surface area contributed by atoms with Crippen molar-refractivity contribution in [2.45, 2.75) is 30.4 Å². The Hall–Kier alpha value is -2.89. The van der Waals surface area contributed by atoms with Gasteiger partial charge in [-0.25, -0.2) is 22.5 Å². The van der Waals surface area contributed by atoms with Crippen molar-refractivity contribution in [1.82, 2.24) is 13.9 Å². The SMILES string of the molecule is CCOC(=O)c1ccc2c(c1)nc(SCC(=O)Nc1cccc(S(=O)(=O)N(C)C)c1)n2CC. The number of imidazole rings is 1. The van der Waals surface area contributed by atoms with Gasteiger partial charge >= 0.3 is 5.97 Å². The zero-order chi connectivity index (χ0) is 24.2. The number of amides is 1. The highest BCUT2D eigenvalue weighted by Gasteiger charge is 2.18. The van der Waals surface area contributed by atoms with Crippen LogP contribution in [0.4, 0.5) is 5.69 Å². The normalized spacial score (nSPS) is 11.7. The Morgan fingerprint density at radius 1 is 1.15 bits per heavy atom. The summed E-state index contributed by atoms with van der Waals surface area (Å²) in [6, 6.07) is 11.3. The first-order valence-electron chi connectivity index (χ1n) is 10.3. The predicted octanol–water partition coefficient (Wildman–Crippen LogP) is 3.21. The number of hydrogen-bond donors (Lipinski definition) is 1. The summed E-state index contributed by atoms with van der Waals surface area (Å²) < 4.78 is 32.7. The molecule has 0 unspecified atom stereocenters. The minimum atomic E-state index is -3.60. The van der Waals surface area contributed by atoms with Gasteiger partial charge in [-0.3, -0.25) is 4.79 Å². The van der Waals surface area contributed by atoms with Gasteiger partial charge in [-0.1, -0.05) is 17.8 Å². The molecule has 3 aromatic rings. The van der Waals surface area contributed by atoms with Crippen molar-refractivity contribution in [3.63, 3.8) is 0 Å². The molecule has 0 spiro atoms. The molecular weight excluding hydrogens is 464 g/mol. The maximum absolute atomic E-state index is 12.5. The summed E-state index contributed by atoms with van der Waals surface area (Å²) in [7, 11) is -0.695. The van der Waals surface area contributed by atoms with E-state index in [4.69, 9.17) is 4.74 Å². The van der Waals surface area contributed by atoms with E-state index >= 15 is 0 Å². The van der Waals surface area contributed by atoms with Gasteiger partial charge in [0, 0.05) is 26.3 Å². The number of rotatable bonds is 9. The first kappa shape index (κ1) is 24.7. The van der Waals surface area contributed by atoms with Crippen LogP contribution in [-0.2, 0) is 26.1 Å². The molecule has 0 aliphatic carbocycles. The lowest BCUT2D eigenvalue weighted by Crippen LogP contribution is -2.22. The Labute approximate surface area is 197 Å². The van der Waals surface area contributed by atoms with Crippen molar-refractivity contribution >= 4 is 50.4 Å². The van der Waals surface area contributed by atoms with Crippen molar-refractivity contribution in [3.8, 4) is 0 Å². The number of sulfonamides is 1. The highest BCUT2D eigenvalue weighted by Crippen LogP contribution is 2.26. The van der Waals surface area contributed by atoms with Crippen LogP contribution in [0.5, 0.6) is 0 Å². The van der Waals surface area contributed by atoms with E-state index in [1.807, 2.05) is 17.6 Å². The lowest BCUT2D eigenvalue weighted by atomic mass is 10.2. The Morgan fingerprint density at radius 3 is 2.58 bits per heavy atom. The minimum Gasteiger partial charge on any atom is -0.462 e. The lowest BCUT2D eigenvalue weighted by molar-refractivity contribution is -0.113. The monoisotopic (exact) mass is 490 g/mol. The van der Waals surface area contributed by atoms with Crippen molar-refractivity contribution in [3.05, 3.63) is 48.0 Å². The molecule has 1 amide bonds. The van der Waals surface area contributed by atoms with E-state index in [1.54, 1.807) is 31.2 Å². The average molecular weight is 491 g/mol. The fourth-order valence-electron chi connectivity index (χ4n) is 3.14. The van der Waals surface area contributed by atoms with Gasteiger partial charge in [0.05, 0.1) is 33.9 Å². The highest BCUT2D eigenvalue weighted by molar-refractivity contribution is 7.99. The first-order chi connectivity index (χ1) is 15.7. The third-order valence-electron chi connectivity index (χ3n) is 4.77. The fraction of sp³-hybridized carbons (Fsp3) is 0.318. The van der Waals surface area contributed by atoms with E-state index in [9.17, 15) is 18.0 Å². The number of ether oxygens (including phenoxy) is 1. The van der Waals surface area contributed by atoms with Gasteiger partial charge in [-0.05, 0) is 50.2 Å². The maximum Gasteiger partial charge on any atom is 0.338 e. The van der Waals surface area contributed by atoms with Crippen LogP contribution in [0, 0.1) is 0 Å². The highest BCUT2D eigenvalue weighted by atomic mass is 32.2. The molecule has 0 aliphatic rings. The molecule has 0 saturated heterocycles. The number of hydrogen-bond acceptors (Lipinski definition) is 7. The van der Waals surface area contributed by atoms with Gasteiger partial charge in [0.1, 0.15) is 0 Å². The van der Waals surface area contributed by atoms with Crippen molar-refractivity contribution in [2.24, 2.45) is 0 Å². The van der Waals surface area contributed by atoms with Crippen LogP contribution in [0.2, 0.25) is 0 Å². The summed E-state index contributed by atoms with van der Waals surface area (Å²) in [6.45, 7) is 4.66. The summed E-state index contributed by atoms with van der Waals surface area (Å²) in [5.41, 5.74) is 2.32. The van der Waals surface area contributed by atoms with Gasteiger partial charge in [0.2, 0.25) is 15.9 Å². The molecule has 0 atom stereocenters. The van der Waals surface area contributed by atoms with E-state index in [-0.39, 0.29) is 16.6 Å². The number of carbonyl (C=O) groups is 2. The number of anilines is 1. The zero-order valence-corrected chi connectivity index (χ0v) is 20.5. The summed E-state index contributed by atoms with van der Waals surface area (Å²) in [6.07, 6.45) is 0. The number of aromatic nitrogens is 2. The van der Waals surface area contributed by atoms with Gasteiger partial charge < -0.3 is 14.6 Å². The quantitative estimate of drug-likeness (QED) is 0.362. The second-order valence-electron chi connectivity index (χ2n) is 7.21. The molecule has 2 aromatic carbocycles. The van der Waals surface area contributed by atoms with Crippen molar-refractivity contribution in [1.29, 1.82) is 0 Å². The number of nitrogens with zero attached hydrogens (tertiary/aromatic N) is 3. The Morgan fingerprint density at radius 2 is 1.91 bits per heavy atom. The molecule has 0 fully saturated rings. The summed E-state index contributed by atoms with van der Waals surface area (Å²) in [5.74, 6) is -0.613. The van der Waals surface area contributed by atoms with Crippen LogP contribution < -0.4 is 5.32 Å². The predicted molar refractivity (Wildman–Crippen MR) is 128 cm³/mol. The molecule has 1 aromatic heterocycles. The van der Waals surface area contributed by atoms with Crippen molar-refractivity contribution in [2.75, 3.05) is 31.8 Å². The van der Waals surface area contributed by atoms with Crippen molar-refractivity contribution < 1.29 is 22.7 Å². The van der Waals surface area contributed by atoms with Crippen LogP contribution in [0.25, 0.3) is 11.0 Å². The number of benzene rings is 2. The van der Waals surface area contributed by atoms with Gasteiger partial charge in [-0.15, -0.1) is 0 Å². The molecule has 9 nitrogen and oxygen atoms in total. The maximum atomic E-state index is 12.5. The Balaban J connectivity index is 1.73. The van der Waals surface area contributed by atoms with Crippen LogP contribution >= 0.6 is 11.8 Å².